The molecule has 2 heterocycles. The molecule has 2 fully saturated rings. The first kappa shape index (κ1) is 24.9. The lowest BCUT2D eigenvalue weighted by Gasteiger charge is -2.34. The molecule has 34 heavy (non-hydrogen) atoms. The van der Waals surface area contributed by atoms with Gasteiger partial charge in [0.05, 0.1) is 10.4 Å². The van der Waals surface area contributed by atoms with Crippen LogP contribution in [0.15, 0.2) is 34.1 Å². The van der Waals surface area contributed by atoms with Gasteiger partial charge in [0.2, 0.25) is 15.5 Å². The Hall–Kier alpha value is -2.19. The maximum atomic E-state index is 13.4. The standard InChI is InChI=1S/C26H37N3O4S/c1-5-28-16-23(26(31)27-20-8-6-17(2)7-9-20)25(30)22-13-21(10-11-24(22)28)34(32,33)29-14-18(3)12-19(4)15-29/h10-11,13,16-20H,5-9,12,14-15H2,1-4H3,(H,27,31). The maximum absolute atomic E-state index is 13.4. The minimum absolute atomic E-state index is 0.0720. The number of aryl methyl sites for hydroxylation is 1. The lowest BCUT2D eigenvalue weighted by Crippen LogP contribution is -2.42. The van der Waals surface area contributed by atoms with Crippen molar-refractivity contribution in [3.63, 3.8) is 0 Å². The number of sulfonamides is 1. The number of amides is 1. The number of pyridine rings is 1. The number of carbonyl (C=O) groups excluding carboxylic acids is 1. The van der Waals surface area contributed by atoms with Gasteiger partial charge in [0.25, 0.3) is 5.91 Å². The molecule has 2 aliphatic rings. The van der Waals surface area contributed by atoms with Crippen molar-refractivity contribution in [2.45, 2.75) is 77.3 Å². The molecule has 1 saturated heterocycles. The molecular formula is C26H37N3O4S. The molecule has 8 heteroatoms. The Balaban J connectivity index is 1.71. The van der Waals surface area contributed by atoms with Gasteiger partial charge in [-0.2, -0.15) is 4.31 Å². The summed E-state index contributed by atoms with van der Waals surface area (Å²) in [7, 11) is -3.73. The summed E-state index contributed by atoms with van der Waals surface area (Å²) in [5, 5.41) is 3.31. The topological polar surface area (TPSA) is 88.5 Å². The van der Waals surface area contributed by atoms with Gasteiger partial charge in [-0.1, -0.05) is 20.8 Å². The number of benzene rings is 1. The van der Waals surface area contributed by atoms with E-state index in [0.29, 0.717) is 31.1 Å². The van der Waals surface area contributed by atoms with E-state index in [4.69, 9.17) is 0 Å². The van der Waals surface area contributed by atoms with Crippen molar-refractivity contribution in [1.82, 2.24) is 14.2 Å². The second-order valence-electron chi connectivity index (χ2n) is 10.5. The Bertz CT molecular complexity index is 1220. The molecule has 4 rings (SSSR count). The van der Waals surface area contributed by atoms with Crippen molar-refractivity contribution in [3.8, 4) is 0 Å². The van der Waals surface area contributed by atoms with E-state index in [-0.39, 0.29) is 39.6 Å². The van der Waals surface area contributed by atoms with Gasteiger partial charge in [0, 0.05) is 37.3 Å². The molecule has 0 radical (unpaired) electrons. The molecule has 186 valence electrons. The van der Waals surface area contributed by atoms with E-state index in [1.165, 1.54) is 10.4 Å². The molecule has 1 aromatic carbocycles. The Morgan fingerprint density at radius 1 is 1.03 bits per heavy atom. The van der Waals surface area contributed by atoms with Crippen molar-refractivity contribution in [3.05, 3.63) is 40.2 Å². The summed E-state index contributed by atoms with van der Waals surface area (Å²) in [6.45, 7) is 9.81. The van der Waals surface area contributed by atoms with E-state index in [2.05, 4.69) is 26.1 Å². The first-order valence-electron chi connectivity index (χ1n) is 12.6. The molecule has 2 atom stereocenters. The number of hydrogen-bond acceptors (Lipinski definition) is 4. The Morgan fingerprint density at radius 3 is 2.29 bits per heavy atom. The van der Waals surface area contributed by atoms with Crippen LogP contribution in [0.1, 0.15) is 70.2 Å². The molecular weight excluding hydrogens is 450 g/mol. The van der Waals surface area contributed by atoms with Crippen LogP contribution in [0.25, 0.3) is 10.9 Å². The third-order valence-corrected chi connectivity index (χ3v) is 9.29. The van der Waals surface area contributed by atoms with Crippen LogP contribution in [-0.4, -0.2) is 42.3 Å². The lowest BCUT2D eigenvalue weighted by atomic mass is 9.87. The van der Waals surface area contributed by atoms with Crippen molar-refractivity contribution in [1.29, 1.82) is 0 Å². The number of aromatic nitrogens is 1. The van der Waals surface area contributed by atoms with Gasteiger partial charge in [0.15, 0.2) is 0 Å². The van der Waals surface area contributed by atoms with Crippen molar-refractivity contribution in [2.75, 3.05) is 13.1 Å². The number of fused-ring (bicyclic) bond motifs is 1. The molecule has 1 aliphatic carbocycles. The van der Waals surface area contributed by atoms with Crippen LogP contribution in [0.4, 0.5) is 0 Å². The third-order valence-electron chi connectivity index (χ3n) is 7.46. The molecule has 2 aromatic rings. The van der Waals surface area contributed by atoms with Gasteiger partial charge in [-0.25, -0.2) is 8.42 Å². The van der Waals surface area contributed by atoms with E-state index in [0.717, 1.165) is 32.1 Å². The van der Waals surface area contributed by atoms with Crippen LogP contribution in [0, 0.1) is 17.8 Å². The molecule has 0 spiro atoms. The quantitative estimate of drug-likeness (QED) is 0.691. The number of carbonyl (C=O) groups is 1. The van der Waals surface area contributed by atoms with Gasteiger partial charge in [-0.05, 0) is 75.0 Å². The fraction of sp³-hybridized carbons (Fsp3) is 0.615. The van der Waals surface area contributed by atoms with Crippen LogP contribution in [0.5, 0.6) is 0 Å². The van der Waals surface area contributed by atoms with Crippen molar-refractivity contribution < 1.29 is 13.2 Å². The van der Waals surface area contributed by atoms with E-state index >= 15 is 0 Å². The lowest BCUT2D eigenvalue weighted by molar-refractivity contribution is 0.0921. The van der Waals surface area contributed by atoms with Gasteiger partial charge in [-0.3, -0.25) is 9.59 Å². The SMILES string of the molecule is CCn1cc(C(=O)NC2CCC(C)CC2)c(=O)c2cc(S(=O)(=O)N3CC(C)CC(C)C3)ccc21. The minimum Gasteiger partial charge on any atom is -0.349 e. The maximum Gasteiger partial charge on any atom is 0.256 e. The first-order valence-corrected chi connectivity index (χ1v) is 14.0. The summed E-state index contributed by atoms with van der Waals surface area (Å²) < 4.78 is 30.2. The first-order chi connectivity index (χ1) is 16.1. The molecule has 2 unspecified atom stereocenters. The predicted octanol–water partition coefficient (Wildman–Crippen LogP) is 4.00. The Labute approximate surface area is 202 Å². The zero-order valence-corrected chi connectivity index (χ0v) is 21.5. The molecule has 7 nitrogen and oxygen atoms in total. The average molecular weight is 488 g/mol. The highest BCUT2D eigenvalue weighted by atomic mass is 32.2. The zero-order valence-electron chi connectivity index (χ0n) is 20.7. The second kappa shape index (κ2) is 9.82. The van der Waals surface area contributed by atoms with Crippen LogP contribution >= 0.6 is 0 Å². The fourth-order valence-electron chi connectivity index (χ4n) is 5.58. The zero-order chi connectivity index (χ0) is 24.6. The van der Waals surface area contributed by atoms with E-state index in [1.807, 2.05) is 11.5 Å². The Morgan fingerprint density at radius 2 is 1.68 bits per heavy atom. The third kappa shape index (κ3) is 4.93. The number of nitrogens with one attached hydrogen (secondary N) is 1. The average Bonchev–Trinajstić information content (AvgIpc) is 2.80. The summed E-state index contributed by atoms with van der Waals surface area (Å²) in [5.41, 5.74) is 0.288. The largest absolute Gasteiger partial charge is 0.349 e. The molecule has 1 aliphatic heterocycles. The second-order valence-corrected chi connectivity index (χ2v) is 12.5. The van der Waals surface area contributed by atoms with Crippen LogP contribution in [0.2, 0.25) is 0 Å². The summed E-state index contributed by atoms with van der Waals surface area (Å²) in [6.07, 6.45) is 6.57. The Kier molecular flexibility index (Phi) is 7.20. The minimum atomic E-state index is -3.73. The van der Waals surface area contributed by atoms with E-state index < -0.39 is 15.5 Å². The highest BCUT2D eigenvalue weighted by Gasteiger charge is 2.32. The summed E-state index contributed by atoms with van der Waals surface area (Å²) in [5.74, 6) is 0.863. The van der Waals surface area contributed by atoms with E-state index in [9.17, 15) is 18.0 Å². The van der Waals surface area contributed by atoms with Gasteiger partial charge >= 0.3 is 0 Å². The number of nitrogens with zero attached hydrogens (tertiary/aromatic N) is 2. The predicted molar refractivity (Wildman–Crippen MR) is 134 cm³/mol. The van der Waals surface area contributed by atoms with E-state index in [1.54, 1.807) is 18.3 Å². The van der Waals surface area contributed by atoms with Gasteiger partial charge in [0.1, 0.15) is 5.56 Å². The smallest absolute Gasteiger partial charge is 0.256 e. The molecule has 0 bridgehead atoms. The highest BCUT2D eigenvalue weighted by molar-refractivity contribution is 7.89. The summed E-state index contributed by atoms with van der Waals surface area (Å²) in [4.78, 5) is 26.6. The van der Waals surface area contributed by atoms with Crippen LogP contribution < -0.4 is 10.7 Å². The summed E-state index contributed by atoms with van der Waals surface area (Å²) in [6, 6.07) is 4.80. The normalized spacial score (nSPS) is 26.5. The highest BCUT2D eigenvalue weighted by Crippen LogP contribution is 2.28. The summed E-state index contributed by atoms with van der Waals surface area (Å²) >= 11 is 0. The van der Waals surface area contributed by atoms with Gasteiger partial charge < -0.3 is 9.88 Å². The van der Waals surface area contributed by atoms with Crippen molar-refractivity contribution in [2.24, 2.45) is 17.8 Å². The number of piperidine rings is 1. The van der Waals surface area contributed by atoms with Crippen LogP contribution in [0.3, 0.4) is 0 Å². The molecule has 1 N–H and O–H groups in total. The van der Waals surface area contributed by atoms with Gasteiger partial charge in [-0.15, -0.1) is 0 Å². The molecule has 1 amide bonds. The number of hydrogen-bond donors (Lipinski definition) is 1. The molecule has 1 saturated carbocycles. The van der Waals surface area contributed by atoms with Crippen LogP contribution in [-0.2, 0) is 16.6 Å². The number of rotatable bonds is 5. The fourth-order valence-corrected chi connectivity index (χ4v) is 7.29. The molecule has 1 aromatic heterocycles. The van der Waals surface area contributed by atoms with Crippen molar-refractivity contribution >= 4 is 26.8 Å². The monoisotopic (exact) mass is 487 g/mol.